The van der Waals surface area contributed by atoms with Crippen LogP contribution in [0.3, 0.4) is 0 Å². The van der Waals surface area contributed by atoms with Gasteiger partial charge in [-0.3, -0.25) is 9.59 Å². The Morgan fingerprint density at radius 2 is 1.92 bits per heavy atom. The molecule has 1 N–H and O–H groups in total. The minimum absolute atomic E-state index is 0.00304. The van der Waals surface area contributed by atoms with Crippen molar-refractivity contribution in [1.82, 2.24) is 24.3 Å². The second-order valence-corrected chi connectivity index (χ2v) is 6.28. The van der Waals surface area contributed by atoms with E-state index < -0.39 is 0 Å². The molecular formula is C17H19N5O2. The minimum Gasteiger partial charge on any atom is -0.338 e. The normalized spacial score (nSPS) is 16.2. The lowest BCUT2D eigenvalue weighted by Crippen LogP contribution is -2.47. The van der Waals surface area contributed by atoms with Gasteiger partial charge in [0.15, 0.2) is 0 Å². The lowest BCUT2D eigenvalue weighted by Gasteiger charge is -2.32. The summed E-state index contributed by atoms with van der Waals surface area (Å²) in [5.41, 5.74) is 2.33. The third kappa shape index (κ3) is 2.12. The number of fused-ring (bicyclic) bond motifs is 3. The molecule has 1 saturated heterocycles. The SMILES string of the molecule is CN1CCN(C(=O)c2cccc3c2c2nc[nH]c(=O)c2n3C)CC1. The van der Waals surface area contributed by atoms with Gasteiger partial charge in [-0.2, -0.15) is 0 Å². The number of carbonyl (C=O) groups is 1. The number of aromatic amines is 1. The van der Waals surface area contributed by atoms with Crippen LogP contribution in [0.2, 0.25) is 0 Å². The number of aromatic nitrogens is 3. The fourth-order valence-corrected chi connectivity index (χ4v) is 3.43. The summed E-state index contributed by atoms with van der Waals surface area (Å²) in [5.74, 6) is 0.00304. The van der Waals surface area contributed by atoms with Crippen molar-refractivity contribution in [3.63, 3.8) is 0 Å². The Bertz CT molecular complexity index is 995. The fourth-order valence-electron chi connectivity index (χ4n) is 3.43. The molecule has 0 radical (unpaired) electrons. The predicted molar refractivity (Wildman–Crippen MR) is 92.2 cm³/mol. The van der Waals surface area contributed by atoms with Gasteiger partial charge >= 0.3 is 0 Å². The number of nitrogens with one attached hydrogen (secondary N) is 1. The molecule has 1 fully saturated rings. The van der Waals surface area contributed by atoms with Crippen LogP contribution in [0.5, 0.6) is 0 Å². The average Bonchev–Trinajstić information content (AvgIpc) is 2.89. The molecule has 1 aromatic carbocycles. The lowest BCUT2D eigenvalue weighted by molar-refractivity contribution is 0.0666. The second kappa shape index (κ2) is 5.45. The Labute approximate surface area is 138 Å². The fraction of sp³-hybridized carbons (Fsp3) is 0.353. The molecule has 0 spiro atoms. The van der Waals surface area contributed by atoms with E-state index in [0.29, 0.717) is 29.7 Å². The molecule has 1 aliphatic heterocycles. The van der Waals surface area contributed by atoms with Gasteiger partial charge in [-0.15, -0.1) is 0 Å². The summed E-state index contributed by atoms with van der Waals surface area (Å²) < 4.78 is 1.80. The van der Waals surface area contributed by atoms with Crippen LogP contribution in [0.25, 0.3) is 21.9 Å². The second-order valence-electron chi connectivity index (χ2n) is 6.28. The smallest absolute Gasteiger partial charge is 0.275 e. The van der Waals surface area contributed by atoms with Crippen LogP contribution in [0, 0.1) is 0 Å². The average molecular weight is 325 g/mol. The summed E-state index contributed by atoms with van der Waals surface area (Å²) in [6, 6.07) is 5.60. The summed E-state index contributed by atoms with van der Waals surface area (Å²) >= 11 is 0. The molecule has 7 nitrogen and oxygen atoms in total. The zero-order valence-electron chi connectivity index (χ0n) is 13.7. The first-order valence-corrected chi connectivity index (χ1v) is 8.00. The maximum Gasteiger partial charge on any atom is 0.275 e. The van der Waals surface area contributed by atoms with Gasteiger partial charge in [0, 0.05) is 38.6 Å². The number of nitrogens with zero attached hydrogens (tertiary/aromatic N) is 4. The Morgan fingerprint density at radius 3 is 2.67 bits per heavy atom. The van der Waals surface area contributed by atoms with Crippen LogP contribution in [0.1, 0.15) is 10.4 Å². The van der Waals surface area contributed by atoms with Crippen molar-refractivity contribution in [2.45, 2.75) is 0 Å². The number of rotatable bonds is 1. The zero-order chi connectivity index (χ0) is 16.8. The van der Waals surface area contributed by atoms with E-state index in [2.05, 4.69) is 21.9 Å². The molecule has 24 heavy (non-hydrogen) atoms. The Hall–Kier alpha value is -2.67. The van der Waals surface area contributed by atoms with Gasteiger partial charge in [-0.1, -0.05) is 6.07 Å². The van der Waals surface area contributed by atoms with E-state index in [1.54, 1.807) is 4.57 Å². The standard InChI is InChI=1S/C17H19N5O2/c1-20-6-8-22(9-7-20)17(24)11-4-3-5-12-13(11)14-15(21(12)2)16(23)19-10-18-14/h3-5,10H,6-9H2,1-2H3,(H,18,19,23). The summed E-state index contributed by atoms with van der Waals surface area (Å²) in [4.78, 5) is 36.2. The van der Waals surface area contributed by atoms with Crippen LogP contribution in [-0.2, 0) is 7.05 Å². The van der Waals surface area contributed by atoms with Crippen molar-refractivity contribution in [3.05, 3.63) is 40.4 Å². The maximum atomic E-state index is 13.0. The molecule has 1 aliphatic rings. The predicted octanol–water partition coefficient (Wildman–Crippen LogP) is 0.802. The van der Waals surface area contributed by atoms with Gasteiger partial charge in [-0.25, -0.2) is 4.98 Å². The van der Waals surface area contributed by atoms with Crippen LogP contribution >= 0.6 is 0 Å². The molecule has 0 unspecified atom stereocenters. The molecule has 3 heterocycles. The maximum absolute atomic E-state index is 13.0. The van der Waals surface area contributed by atoms with Gasteiger partial charge < -0.3 is 19.4 Å². The molecule has 0 atom stereocenters. The molecule has 0 bridgehead atoms. The molecule has 0 aliphatic carbocycles. The van der Waals surface area contributed by atoms with E-state index in [1.807, 2.05) is 30.1 Å². The molecular weight excluding hydrogens is 306 g/mol. The van der Waals surface area contributed by atoms with Gasteiger partial charge in [0.25, 0.3) is 11.5 Å². The number of hydrogen-bond donors (Lipinski definition) is 1. The van der Waals surface area contributed by atoms with Crippen molar-refractivity contribution in [2.24, 2.45) is 7.05 Å². The molecule has 2 aromatic heterocycles. The highest BCUT2D eigenvalue weighted by atomic mass is 16.2. The summed E-state index contributed by atoms with van der Waals surface area (Å²) in [7, 11) is 3.88. The Kier molecular flexibility index (Phi) is 3.38. The molecule has 4 rings (SSSR count). The van der Waals surface area contributed by atoms with Gasteiger partial charge in [0.2, 0.25) is 0 Å². The van der Waals surface area contributed by atoms with E-state index >= 15 is 0 Å². The highest BCUT2D eigenvalue weighted by molar-refractivity contribution is 6.16. The summed E-state index contributed by atoms with van der Waals surface area (Å²) in [6.07, 6.45) is 1.39. The molecule has 7 heteroatoms. The topological polar surface area (TPSA) is 74.2 Å². The first kappa shape index (κ1) is 14.9. The number of likely N-dealkylation sites (N-methyl/N-ethyl adjacent to an activating group) is 1. The van der Waals surface area contributed by atoms with Crippen molar-refractivity contribution in [3.8, 4) is 0 Å². The summed E-state index contributed by atoms with van der Waals surface area (Å²) in [6.45, 7) is 3.17. The first-order chi connectivity index (χ1) is 11.6. The van der Waals surface area contributed by atoms with Crippen LogP contribution in [0.4, 0.5) is 0 Å². The van der Waals surface area contributed by atoms with E-state index in [-0.39, 0.29) is 11.5 Å². The first-order valence-electron chi connectivity index (χ1n) is 8.00. The third-order valence-electron chi connectivity index (χ3n) is 4.83. The quantitative estimate of drug-likeness (QED) is 0.718. The van der Waals surface area contributed by atoms with Gasteiger partial charge in [0.1, 0.15) is 11.0 Å². The third-order valence-corrected chi connectivity index (χ3v) is 4.83. The molecule has 3 aromatic rings. The zero-order valence-corrected chi connectivity index (χ0v) is 13.7. The van der Waals surface area contributed by atoms with E-state index in [1.165, 1.54) is 6.33 Å². The largest absolute Gasteiger partial charge is 0.338 e. The molecule has 124 valence electrons. The van der Waals surface area contributed by atoms with Crippen LogP contribution < -0.4 is 5.56 Å². The van der Waals surface area contributed by atoms with Crippen molar-refractivity contribution in [1.29, 1.82) is 0 Å². The van der Waals surface area contributed by atoms with E-state index in [9.17, 15) is 9.59 Å². The van der Waals surface area contributed by atoms with E-state index in [4.69, 9.17) is 0 Å². The highest BCUT2D eigenvalue weighted by Gasteiger charge is 2.24. The number of piperazine rings is 1. The van der Waals surface area contributed by atoms with Crippen molar-refractivity contribution >= 4 is 27.8 Å². The Balaban J connectivity index is 1.92. The van der Waals surface area contributed by atoms with Crippen molar-refractivity contribution in [2.75, 3.05) is 33.2 Å². The van der Waals surface area contributed by atoms with E-state index in [0.717, 1.165) is 24.0 Å². The van der Waals surface area contributed by atoms with Crippen molar-refractivity contribution < 1.29 is 4.79 Å². The molecule has 0 saturated carbocycles. The number of benzene rings is 1. The number of H-pyrrole nitrogens is 1. The number of amides is 1. The number of hydrogen-bond acceptors (Lipinski definition) is 4. The minimum atomic E-state index is -0.198. The number of carbonyl (C=O) groups excluding carboxylic acids is 1. The number of aryl methyl sites for hydroxylation is 1. The highest BCUT2D eigenvalue weighted by Crippen LogP contribution is 2.28. The van der Waals surface area contributed by atoms with Crippen LogP contribution in [-0.4, -0.2) is 63.5 Å². The summed E-state index contributed by atoms with van der Waals surface area (Å²) in [5, 5.41) is 0.755. The van der Waals surface area contributed by atoms with Crippen LogP contribution in [0.15, 0.2) is 29.3 Å². The van der Waals surface area contributed by atoms with Gasteiger partial charge in [-0.05, 0) is 19.2 Å². The lowest BCUT2D eigenvalue weighted by atomic mass is 10.1. The van der Waals surface area contributed by atoms with Gasteiger partial charge in [0.05, 0.1) is 17.4 Å². The monoisotopic (exact) mass is 325 g/mol. The molecule has 1 amide bonds. The Morgan fingerprint density at radius 1 is 1.17 bits per heavy atom.